The highest BCUT2D eigenvalue weighted by molar-refractivity contribution is 5.50. The van der Waals surface area contributed by atoms with Crippen LogP contribution in [-0.2, 0) is 4.79 Å². The van der Waals surface area contributed by atoms with E-state index in [0.29, 0.717) is 11.3 Å². The molecule has 4 nitrogen and oxygen atoms in total. The molecule has 4 rings (SSSR count). The molecule has 0 N–H and O–H groups in total. The van der Waals surface area contributed by atoms with Crippen LogP contribution in [0.1, 0.15) is 37.2 Å². The molecule has 1 saturated heterocycles. The van der Waals surface area contributed by atoms with Gasteiger partial charge in [0.1, 0.15) is 0 Å². The molecule has 0 bridgehead atoms. The molecular formula is C16H19N3O. The van der Waals surface area contributed by atoms with Gasteiger partial charge in [0.15, 0.2) is 0 Å². The van der Waals surface area contributed by atoms with Gasteiger partial charge in [0, 0.05) is 24.7 Å². The molecule has 0 radical (unpaired) electrons. The number of rotatable bonds is 2. The summed E-state index contributed by atoms with van der Waals surface area (Å²) in [7, 11) is 0. The molecule has 2 aromatic heterocycles. The summed E-state index contributed by atoms with van der Waals surface area (Å²) in [5.41, 5.74) is 2.99. The van der Waals surface area contributed by atoms with Crippen LogP contribution >= 0.6 is 0 Å². The van der Waals surface area contributed by atoms with Crippen molar-refractivity contribution in [1.82, 2.24) is 14.5 Å². The Balaban J connectivity index is 1.47. The van der Waals surface area contributed by atoms with E-state index in [9.17, 15) is 4.79 Å². The number of amides is 1. The summed E-state index contributed by atoms with van der Waals surface area (Å²) in [6.07, 6.45) is 9.94. The van der Waals surface area contributed by atoms with Gasteiger partial charge in [-0.25, -0.2) is 4.52 Å². The maximum Gasteiger partial charge on any atom is 0.209 e. The van der Waals surface area contributed by atoms with E-state index in [0.717, 1.165) is 19.5 Å². The summed E-state index contributed by atoms with van der Waals surface area (Å²) in [6.45, 7) is 1.94. The minimum atomic E-state index is 0.435. The molecule has 0 atom stereocenters. The average Bonchev–Trinajstić information content (AvgIpc) is 2.92. The Labute approximate surface area is 118 Å². The predicted molar refractivity (Wildman–Crippen MR) is 76.5 cm³/mol. The Morgan fingerprint density at radius 3 is 2.85 bits per heavy atom. The summed E-state index contributed by atoms with van der Waals surface area (Å²) in [6, 6.07) is 6.41. The maximum atomic E-state index is 10.7. The van der Waals surface area contributed by atoms with Crippen molar-refractivity contribution in [3.63, 3.8) is 0 Å². The van der Waals surface area contributed by atoms with E-state index < -0.39 is 0 Å². The Bertz CT molecular complexity index is 632. The number of aromatic nitrogens is 2. The molecule has 1 saturated carbocycles. The van der Waals surface area contributed by atoms with Gasteiger partial charge in [-0.05, 0) is 55.4 Å². The van der Waals surface area contributed by atoms with E-state index in [4.69, 9.17) is 0 Å². The van der Waals surface area contributed by atoms with Crippen LogP contribution < -0.4 is 0 Å². The normalized spacial score (nSPS) is 22.1. The van der Waals surface area contributed by atoms with Crippen LogP contribution in [0.5, 0.6) is 0 Å². The molecule has 0 aromatic carbocycles. The van der Waals surface area contributed by atoms with Gasteiger partial charge < -0.3 is 4.90 Å². The Morgan fingerprint density at radius 2 is 2.10 bits per heavy atom. The molecular weight excluding hydrogens is 250 g/mol. The molecule has 1 aliphatic heterocycles. The van der Waals surface area contributed by atoms with Crippen molar-refractivity contribution in [3.05, 3.63) is 36.2 Å². The van der Waals surface area contributed by atoms with Gasteiger partial charge in [0.05, 0.1) is 11.7 Å². The fourth-order valence-corrected chi connectivity index (χ4v) is 3.93. The van der Waals surface area contributed by atoms with Crippen molar-refractivity contribution in [1.29, 1.82) is 0 Å². The fourth-order valence-electron chi connectivity index (χ4n) is 3.93. The van der Waals surface area contributed by atoms with E-state index in [1.165, 1.54) is 36.8 Å². The molecule has 20 heavy (non-hydrogen) atoms. The Morgan fingerprint density at radius 1 is 1.30 bits per heavy atom. The lowest BCUT2D eigenvalue weighted by Gasteiger charge is -2.52. The van der Waals surface area contributed by atoms with Crippen LogP contribution in [0.4, 0.5) is 0 Å². The lowest BCUT2D eigenvalue weighted by Crippen LogP contribution is -2.56. The van der Waals surface area contributed by atoms with Crippen LogP contribution in [0.15, 0.2) is 30.6 Å². The van der Waals surface area contributed by atoms with E-state index >= 15 is 0 Å². The van der Waals surface area contributed by atoms with Crippen molar-refractivity contribution in [2.24, 2.45) is 5.41 Å². The Kier molecular flexibility index (Phi) is 2.59. The summed E-state index contributed by atoms with van der Waals surface area (Å²) in [5.74, 6) is 0.637. The number of fused-ring (bicyclic) bond motifs is 1. The topological polar surface area (TPSA) is 37.6 Å². The third kappa shape index (κ3) is 1.82. The maximum absolute atomic E-state index is 10.7. The van der Waals surface area contributed by atoms with Crippen molar-refractivity contribution in [3.8, 4) is 0 Å². The SMILES string of the molecule is O=CN1CC2(CCC(c3cnn4cccc4c3)CC2)C1. The summed E-state index contributed by atoms with van der Waals surface area (Å²) < 4.78 is 1.92. The molecule has 1 amide bonds. The van der Waals surface area contributed by atoms with Gasteiger partial charge in [0.25, 0.3) is 0 Å². The number of hydrogen-bond donors (Lipinski definition) is 0. The first-order valence-electron chi connectivity index (χ1n) is 7.41. The Hall–Kier alpha value is -1.84. The largest absolute Gasteiger partial charge is 0.344 e. The minimum Gasteiger partial charge on any atom is -0.344 e. The molecule has 0 unspecified atom stereocenters. The third-order valence-electron chi connectivity index (χ3n) is 5.15. The van der Waals surface area contributed by atoms with E-state index in [1.54, 1.807) is 0 Å². The van der Waals surface area contributed by atoms with Crippen LogP contribution in [0.2, 0.25) is 0 Å². The second-order valence-electron chi connectivity index (χ2n) is 6.45. The van der Waals surface area contributed by atoms with Gasteiger partial charge in [-0.1, -0.05) is 0 Å². The molecule has 104 valence electrons. The predicted octanol–water partition coefficient (Wildman–Crippen LogP) is 2.45. The first-order chi connectivity index (χ1) is 9.78. The quantitative estimate of drug-likeness (QED) is 0.785. The van der Waals surface area contributed by atoms with Crippen LogP contribution in [0.25, 0.3) is 5.52 Å². The zero-order valence-corrected chi connectivity index (χ0v) is 11.5. The number of carbonyl (C=O) groups is 1. The molecule has 3 heterocycles. The van der Waals surface area contributed by atoms with E-state index in [1.807, 2.05) is 27.9 Å². The van der Waals surface area contributed by atoms with Crippen LogP contribution in [0.3, 0.4) is 0 Å². The van der Waals surface area contributed by atoms with Crippen molar-refractivity contribution < 1.29 is 4.79 Å². The lowest BCUT2D eigenvalue weighted by atomic mass is 9.65. The average molecular weight is 269 g/mol. The molecule has 2 fully saturated rings. The molecule has 4 heteroatoms. The number of likely N-dealkylation sites (tertiary alicyclic amines) is 1. The molecule has 2 aliphatic rings. The van der Waals surface area contributed by atoms with E-state index in [2.05, 4.69) is 17.2 Å². The van der Waals surface area contributed by atoms with Gasteiger partial charge in [0.2, 0.25) is 6.41 Å². The summed E-state index contributed by atoms with van der Waals surface area (Å²) >= 11 is 0. The van der Waals surface area contributed by atoms with E-state index in [-0.39, 0.29) is 0 Å². The second-order valence-corrected chi connectivity index (χ2v) is 6.45. The van der Waals surface area contributed by atoms with Crippen molar-refractivity contribution in [2.75, 3.05) is 13.1 Å². The standard InChI is InChI=1S/C16H19N3O/c20-12-18-10-16(11-18)5-3-13(4-6-16)14-8-15-2-1-7-19(15)17-9-14/h1-2,7-9,12-13H,3-6,10-11H2. The lowest BCUT2D eigenvalue weighted by molar-refractivity contribution is -0.131. The summed E-state index contributed by atoms with van der Waals surface area (Å²) in [4.78, 5) is 12.6. The zero-order valence-electron chi connectivity index (χ0n) is 11.5. The molecule has 1 spiro atoms. The smallest absolute Gasteiger partial charge is 0.209 e. The second kappa shape index (κ2) is 4.33. The number of carbonyl (C=O) groups excluding carboxylic acids is 1. The highest BCUT2D eigenvalue weighted by Gasteiger charge is 2.44. The number of nitrogens with zero attached hydrogens (tertiary/aromatic N) is 3. The van der Waals surface area contributed by atoms with Gasteiger partial charge in [-0.2, -0.15) is 5.10 Å². The van der Waals surface area contributed by atoms with Gasteiger partial charge in [-0.3, -0.25) is 4.79 Å². The zero-order chi connectivity index (χ0) is 13.6. The highest BCUT2D eigenvalue weighted by Crippen LogP contribution is 2.47. The van der Waals surface area contributed by atoms with Gasteiger partial charge in [-0.15, -0.1) is 0 Å². The minimum absolute atomic E-state index is 0.435. The van der Waals surface area contributed by atoms with Crippen LogP contribution in [-0.4, -0.2) is 34.0 Å². The molecule has 2 aromatic rings. The monoisotopic (exact) mass is 269 g/mol. The van der Waals surface area contributed by atoms with Crippen LogP contribution in [0, 0.1) is 5.41 Å². The summed E-state index contributed by atoms with van der Waals surface area (Å²) in [5, 5.41) is 4.47. The number of hydrogen-bond acceptors (Lipinski definition) is 2. The fraction of sp³-hybridized carbons (Fsp3) is 0.500. The van der Waals surface area contributed by atoms with Gasteiger partial charge >= 0.3 is 0 Å². The first-order valence-corrected chi connectivity index (χ1v) is 7.41. The third-order valence-corrected chi connectivity index (χ3v) is 5.15. The first kappa shape index (κ1) is 11.9. The van der Waals surface area contributed by atoms with Crippen molar-refractivity contribution >= 4 is 11.9 Å². The molecule has 1 aliphatic carbocycles. The van der Waals surface area contributed by atoms with Crippen molar-refractivity contribution in [2.45, 2.75) is 31.6 Å². The highest BCUT2D eigenvalue weighted by atomic mass is 16.1.